The third-order valence-electron chi connectivity index (χ3n) is 3.47. The van der Waals surface area contributed by atoms with Crippen LogP contribution in [-0.4, -0.2) is 22.9 Å². The van der Waals surface area contributed by atoms with E-state index in [4.69, 9.17) is 4.52 Å². The van der Waals surface area contributed by atoms with E-state index in [9.17, 15) is 13.6 Å². The van der Waals surface area contributed by atoms with Crippen molar-refractivity contribution >= 4 is 23.4 Å². The number of aromatic nitrogens is 1. The number of halogens is 2. The number of benzene rings is 1. The van der Waals surface area contributed by atoms with Crippen molar-refractivity contribution in [1.29, 1.82) is 0 Å². The molecule has 1 atom stereocenters. The van der Waals surface area contributed by atoms with Gasteiger partial charge in [0, 0.05) is 18.4 Å². The largest absolute Gasteiger partial charge is 0.361 e. The highest BCUT2D eigenvalue weighted by Crippen LogP contribution is 2.33. The molecule has 0 bridgehead atoms. The highest BCUT2D eigenvalue weighted by atomic mass is 32.2. The second-order valence-electron chi connectivity index (χ2n) is 5.08. The fourth-order valence-corrected chi connectivity index (χ4v) is 3.50. The van der Waals surface area contributed by atoms with Crippen LogP contribution in [0.15, 0.2) is 28.8 Å². The van der Waals surface area contributed by atoms with E-state index in [0.29, 0.717) is 24.5 Å². The molecule has 116 valence electrons. The van der Waals surface area contributed by atoms with E-state index in [-0.39, 0.29) is 16.8 Å². The number of aryl methyl sites for hydroxylation is 1. The zero-order valence-corrected chi connectivity index (χ0v) is 12.7. The topological polar surface area (TPSA) is 46.3 Å². The maximum atomic E-state index is 13.8. The number of anilines is 1. The quantitative estimate of drug-likeness (QED) is 0.866. The van der Waals surface area contributed by atoms with E-state index in [1.807, 2.05) is 0 Å². The lowest BCUT2D eigenvalue weighted by Crippen LogP contribution is -2.29. The summed E-state index contributed by atoms with van der Waals surface area (Å²) in [6, 6.07) is 5.41. The lowest BCUT2D eigenvalue weighted by Gasteiger charge is -2.18. The van der Waals surface area contributed by atoms with Gasteiger partial charge in [-0.2, -0.15) is 0 Å². The summed E-state index contributed by atoms with van der Waals surface area (Å²) in [4.78, 5) is 13.6. The van der Waals surface area contributed by atoms with Gasteiger partial charge < -0.3 is 9.42 Å². The molecule has 0 aliphatic carbocycles. The molecule has 1 aromatic heterocycles. The molecular weight excluding hydrogens is 310 g/mol. The van der Waals surface area contributed by atoms with Crippen LogP contribution >= 0.6 is 11.8 Å². The van der Waals surface area contributed by atoms with Gasteiger partial charge in [0.15, 0.2) is 0 Å². The first kappa shape index (κ1) is 15.0. The van der Waals surface area contributed by atoms with Gasteiger partial charge in [-0.25, -0.2) is 8.78 Å². The molecule has 1 aliphatic rings. The van der Waals surface area contributed by atoms with Gasteiger partial charge in [-0.05, 0) is 25.5 Å². The monoisotopic (exact) mass is 324 g/mol. The van der Waals surface area contributed by atoms with Gasteiger partial charge >= 0.3 is 0 Å². The molecule has 0 N–H and O–H groups in total. The third-order valence-corrected chi connectivity index (χ3v) is 4.78. The summed E-state index contributed by atoms with van der Waals surface area (Å²) in [5.74, 6) is -0.462. The van der Waals surface area contributed by atoms with Crippen molar-refractivity contribution in [3.05, 3.63) is 47.4 Å². The zero-order valence-electron chi connectivity index (χ0n) is 11.9. The minimum atomic E-state index is -0.717. The van der Waals surface area contributed by atoms with E-state index < -0.39 is 11.6 Å². The van der Waals surface area contributed by atoms with E-state index in [2.05, 4.69) is 5.16 Å². The predicted molar refractivity (Wildman–Crippen MR) is 79.7 cm³/mol. The number of para-hydroxylation sites is 1. The Morgan fingerprint density at radius 2 is 2.14 bits per heavy atom. The first-order chi connectivity index (χ1) is 10.6. The summed E-state index contributed by atoms with van der Waals surface area (Å²) in [6.07, 6.45) is 0.550. The lowest BCUT2D eigenvalue weighted by molar-refractivity contribution is -0.116. The number of carbonyl (C=O) groups is 1. The molecule has 1 saturated heterocycles. The van der Waals surface area contributed by atoms with Crippen LogP contribution in [0.4, 0.5) is 14.5 Å². The fourth-order valence-electron chi connectivity index (χ4n) is 2.45. The highest BCUT2D eigenvalue weighted by Gasteiger charge is 2.35. The molecule has 0 saturated carbocycles. The summed E-state index contributed by atoms with van der Waals surface area (Å²) in [5, 5.41) is 3.54. The van der Waals surface area contributed by atoms with Crippen molar-refractivity contribution < 1.29 is 18.1 Å². The maximum absolute atomic E-state index is 13.8. The molecule has 1 aliphatic heterocycles. The summed E-state index contributed by atoms with van der Waals surface area (Å²) in [6.45, 7) is 2.11. The molecule has 3 rings (SSSR count). The average molecular weight is 324 g/mol. The van der Waals surface area contributed by atoms with Gasteiger partial charge in [-0.1, -0.05) is 11.2 Å². The van der Waals surface area contributed by atoms with Crippen molar-refractivity contribution in [3.8, 4) is 0 Å². The molecule has 2 aromatic rings. The molecule has 0 radical (unpaired) electrons. The molecule has 1 amide bonds. The van der Waals surface area contributed by atoms with Crippen LogP contribution in [0.5, 0.6) is 0 Å². The molecule has 1 fully saturated rings. The number of thioether (sulfide) groups is 1. The fraction of sp³-hybridized carbons (Fsp3) is 0.333. The molecule has 7 heteroatoms. The van der Waals surface area contributed by atoms with Crippen LogP contribution < -0.4 is 4.90 Å². The Kier molecular flexibility index (Phi) is 4.15. The Morgan fingerprint density at radius 1 is 1.41 bits per heavy atom. The Labute approximate surface area is 130 Å². The zero-order chi connectivity index (χ0) is 15.7. The molecule has 2 heterocycles. The number of hydrogen-bond acceptors (Lipinski definition) is 4. The van der Waals surface area contributed by atoms with Gasteiger partial charge in [0.1, 0.15) is 23.1 Å². The highest BCUT2D eigenvalue weighted by molar-refractivity contribution is 7.99. The summed E-state index contributed by atoms with van der Waals surface area (Å²) in [5.41, 5.74) is 0.499. The van der Waals surface area contributed by atoms with E-state index >= 15 is 0 Å². The van der Waals surface area contributed by atoms with Crippen molar-refractivity contribution in [2.75, 3.05) is 11.4 Å². The number of amides is 1. The summed E-state index contributed by atoms with van der Waals surface area (Å²) < 4.78 is 32.6. The molecule has 4 nitrogen and oxygen atoms in total. The second-order valence-corrected chi connectivity index (χ2v) is 6.27. The first-order valence-corrected chi connectivity index (χ1v) is 7.90. The van der Waals surface area contributed by atoms with Crippen LogP contribution in [-0.2, 0) is 10.5 Å². The lowest BCUT2D eigenvalue weighted by atomic mass is 10.2. The number of hydrogen-bond donors (Lipinski definition) is 0. The van der Waals surface area contributed by atoms with Gasteiger partial charge in [0.25, 0.3) is 0 Å². The minimum absolute atomic E-state index is 0.257. The second kappa shape index (κ2) is 6.08. The number of rotatable bonds is 4. The van der Waals surface area contributed by atoms with Crippen LogP contribution in [0.2, 0.25) is 0 Å². The van der Waals surface area contributed by atoms with E-state index in [1.165, 1.54) is 22.7 Å². The third kappa shape index (κ3) is 2.85. The molecule has 0 spiro atoms. The molecular formula is C15H14F2N2O2S. The van der Waals surface area contributed by atoms with E-state index in [1.54, 1.807) is 13.0 Å². The maximum Gasteiger partial charge on any atom is 0.240 e. The number of carbonyl (C=O) groups excluding carboxylic acids is 1. The first-order valence-electron chi connectivity index (χ1n) is 6.85. The van der Waals surface area contributed by atoms with Crippen LogP contribution in [0, 0.1) is 18.6 Å². The van der Waals surface area contributed by atoms with Gasteiger partial charge in [-0.3, -0.25) is 4.79 Å². The van der Waals surface area contributed by atoms with E-state index in [0.717, 1.165) is 17.8 Å². The minimum Gasteiger partial charge on any atom is -0.361 e. The average Bonchev–Trinajstić information content (AvgIpc) is 3.04. The van der Waals surface area contributed by atoms with Crippen LogP contribution in [0.1, 0.15) is 17.9 Å². The van der Waals surface area contributed by atoms with Crippen molar-refractivity contribution in [2.45, 2.75) is 24.3 Å². The van der Waals surface area contributed by atoms with Crippen LogP contribution in [0.25, 0.3) is 0 Å². The Balaban J connectivity index is 1.69. The summed E-state index contributed by atoms with van der Waals surface area (Å²) >= 11 is 1.41. The Hall–Kier alpha value is -1.89. The van der Waals surface area contributed by atoms with Gasteiger partial charge in [0.2, 0.25) is 5.91 Å². The summed E-state index contributed by atoms with van der Waals surface area (Å²) in [7, 11) is 0. The van der Waals surface area contributed by atoms with Gasteiger partial charge in [0.05, 0.1) is 10.9 Å². The standard InChI is InChI=1S/C15H14F2N2O2S/c1-9-7-10(18-21-9)8-22-13-5-6-19(15(13)20)14-11(16)3-2-4-12(14)17/h2-4,7,13H,5-6,8H2,1H3/t13-/m1/s1. The van der Waals surface area contributed by atoms with Crippen LogP contribution in [0.3, 0.4) is 0 Å². The Bertz CT molecular complexity index is 684. The van der Waals surface area contributed by atoms with Crippen molar-refractivity contribution in [3.63, 3.8) is 0 Å². The van der Waals surface area contributed by atoms with Crippen molar-refractivity contribution in [2.24, 2.45) is 0 Å². The Morgan fingerprint density at radius 3 is 2.77 bits per heavy atom. The smallest absolute Gasteiger partial charge is 0.240 e. The van der Waals surface area contributed by atoms with Crippen molar-refractivity contribution in [1.82, 2.24) is 5.16 Å². The SMILES string of the molecule is Cc1cc(CS[C@@H]2CCN(c3c(F)cccc3F)C2=O)no1. The molecule has 1 aromatic carbocycles. The molecule has 22 heavy (non-hydrogen) atoms. The number of nitrogens with zero attached hydrogens (tertiary/aromatic N) is 2. The normalized spacial score (nSPS) is 18.2. The molecule has 0 unspecified atom stereocenters. The van der Waals surface area contributed by atoms with Gasteiger partial charge in [-0.15, -0.1) is 11.8 Å². The predicted octanol–water partition coefficient (Wildman–Crippen LogP) is 3.30.